The summed E-state index contributed by atoms with van der Waals surface area (Å²) in [6, 6.07) is 3.90. The second-order valence-corrected chi connectivity index (χ2v) is 5.37. The summed E-state index contributed by atoms with van der Waals surface area (Å²) in [4.78, 5) is 18.5. The Hall–Kier alpha value is -1.58. The average Bonchev–Trinajstić information content (AvgIpc) is 2.86. The molecule has 4 heteroatoms. The first-order valence-corrected chi connectivity index (χ1v) is 6.78. The number of anilines is 1. The van der Waals surface area contributed by atoms with Crippen LogP contribution < -0.4 is 5.73 Å². The van der Waals surface area contributed by atoms with Crippen molar-refractivity contribution in [3.8, 4) is 0 Å². The van der Waals surface area contributed by atoms with Crippen LogP contribution in [0.1, 0.15) is 42.5 Å². The molecule has 2 aliphatic rings. The third-order valence-electron chi connectivity index (χ3n) is 4.28. The van der Waals surface area contributed by atoms with Crippen molar-refractivity contribution in [2.45, 2.75) is 38.1 Å². The molecule has 1 amide bonds. The molecule has 1 aliphatic carbocycles. The summed E-state index contributed by atoms with van der Waals surface area (Å²) in [5.41, 5.74) is 6.33. The Balaban J connectivity index is 1.83. The van der Waals surface area contributed by atoms with Crippen LogP contribution in [0, 0.1) is 5.92 Å². The average molecular weight is 245 g/mol. The summed E-state index contributed by atoms with van der Waals surface area (Å²) < 4.78 is 0. The lowest BCUT2D eigenvalue weighted by molar-refractivity contribution is 0.0548. The van der Waals surface area contributed by atoms with Gasteiger partial charge < -0.3 is 10.6 Å². The maximum Gasteiger partial charge on any atom is 0.254 e. The maximum absolute atomic E-state index is 12.5. The molecule has 0 bridgehead atoms. The van der Waals surface area contributed by atoms with E-state index in [2.05, 4.69) is 9.88 Å². The molecule has 3 rings (SSSR count). The molecule has 2 fully saturated rings. The van der Waals surface area contributed by atoms with Crippen molar-refractivity contribution in [1.29, 1.82) is 0 Å². The first kappa shape index (κ1) is 11.5. The van der Waals surface area contributed by atoms with Gasteiger partial charge in [0.15, 0.2) is 0 Å². The highest BCUT2D eigenvalue weighted by Gasteiger charge is 2.37. The van der Waals surface area contributed by atoms with Gasteiger partial charge in [-0.15, -0.1) is 0 Å². The Bertz CT molecular complexity index is 460. The summed E-state index contributed by atoms with van der Waals surface area (Å²) in [5, 5.41) is 0. The van der Waals surface area contributed by atoms with Gasteiger partial charge in [-0.25, -0.2) is 4.98 Å². The molecule has 2 atom stereocenters. The van der Waals surface area contributed by atoms with Crippen LogP contribution in [0.25, 0.3) is 0 Å². The number of hydrogen-bond donors (Lipinski definition) is 1. The van der Waals surface area contributed by atoms with E-state index in [1.807, 2.05) is 0 Å². The number of nitrogen functional groups attached to an aromatic ring is 1. The molecule has 1 saturated heterocycles. The van der Waals surface area contributed by atoms with Gasteiger partial charge in [-0.2, -0.15) is 0 Å². The van der Waals surface area contributed by atoms with Gasteiger partial charge in [0.05, 0.1) is 0 Å². The van der Waals surface area contributed by atoms with Crippen LogP contribution in [0.3, 0.4) is 0 Å². The molecule has 1 saturated carbocycles. The molecule has 96 valence electrons. The van der Waals surface area contributed by atoms with E-state index in [9.17, 15) is 4.79 Å². The SMILES string of the molecule is Nc1cc(C(=O)N2CCCC3CCCC32)ccn1. The van der Waals surface area contributed by atoms with E-state index in [0.29, 0.717) is 17.4 Å². The number of rotatable bonds is 1. The quantitative estimate of drug-likeness (QED) is 0.824. The fraction of sp³-hybridized carbons (Fsp3) is 0.571. The molecule has 1 aromatic heterocycles. The molecule has 0 radical (unpaired) electrons. The molecule has 0 aromatic carbocycles. The maximum atomic E-state index is 12.5. The zero-order valence-electron chi connectivity index (χ0n) is 10.5. The van der Waals surface area contributed by atoms with Gasteiger partial charge in [-0.3, -0.25) is 4.79 Å². The summed E-state index contributed by atoms with van der Waals surface area (Å²) in [5.74, 6) is 1.27. The normalized spacial score (nSPS) is 27.0. The highest BCUT2D eigenvalue weighted by atomic mass is 16.2. The minimum Gasteiger partial charge on any atom is -0.384 e. The van der Waals surface area contributed by atoms with Crippen molar-refractivity contribution < 1.29 is 4.79 Å². The number of likely N-dealkylation sites (tertiary alicyclic amines) is 1. The van der Waals surface area contributed by atoms with Crippen LogP contribution in [0.15, 0.2) is 18.3 Å². The predicted molar refractivity (Wildman–Crippen MR) is 70.0 cm³/mol. The van der Waals surface area contributed by atoms with Gasteiger partial charge in [0, 0.05) is 24.3 Å². The Kier molecular flexibility index (Phi) is 2.94. The van der Waals surface area contributed by atoms with Gasteiger partial charge in [-0.05, 0) is 43.7 Å². The van der Waals surface area contributed by atoms with E-state index in [4.69, 9.17) is 5.73 Å². The number of fused-ring (bicyclic) bond motifs is 1. The first-order chi connectivity index (χ1) is 8.75. The monoisotopic (exact) mass is 245 g/mol. The molecule has 1 aromatic rings. The topological polar surface area (TPSA) is 59.2 Å². The van der Waals surface area contributed by atoms with E-state index in [-0.39, 0.29) is 5.91 Å². The number of aromatic nitrogens is 1. The van der Waals surface area contributed by atoms with Crippen LogP contribution in [0.5, 0.6) is 0 Å². The van der Waals surface area contributed by atoms with Crippen molar-refractivity contribution in [2.75, 3.05) is 12.3 Å². The van der Waals surface area contributed by atoms with Crippen molar-refractivity contribution in [3.63, 3.8) is 0 Å². The Morgan fingerprint density at radius 2 is 2.17 bits per heavy atom. The van der Waals surface area contributed by atoms with Crippen LogP contribution in [-0.2, 0) is 0 Å². The number of nitrogens with zero attached hydrogens (tertiary/aromatic N) is 2. The molecular weight excluding hydrogens is 226 g/mol. The number of carbonyl (C=O) groups excluding carboxylic acids is 1. The van der Waals surface area contributed by atoms with E-state index >= 15 is 0 Å². The molecule has 0 spiro atoms. The zero-order valence-corrected chi connectivity index (χ0v) is 10.5. The molecular formula is C14H19N3O. The number of hydrogen-bond acceptors (Lipinski definition) is 3. The largest absolute Gasteiger partial charge is 0.384 e. The van der Waals surface area contributed by atoms with Crippen LogP contribution in [0.2, 0.25) is 0 Å². The van der Waals surface area contributed by atoms with E-state index < -0.39 is 0 Å². The summed E-state index contributed by atoms with van der Waals surface area (Å²) in [6.45, 7) is 0.891. The Morgan fingerprint density at radius 3 is 3.00 bits per heavy atom. The molecule has 1 aliphatic heterocycles. The third kappa shape index (κ3) is 1.96. The standard InChI is InChI=1S/C14H19N3O/c15-13-9-11(6-7-16-13)14(18)17-8-2-4-10-3-1-5-12(10)17/h6-7,9-10,12H,1-5,8H2,(H2,15,16). The minimum absolute atomic E-state index is 0.126. The lowest BCUT2D eigenvalue weighted by atomic mass is 9.91. The van der Waals surface area contributed by atoms with Crippen molar-refractivity contribution in [3.05, 3.63) is 23.9 Å². The Labute approximate surface area is 107 Å². The van der Waals surface area contributed by atoms with Crippen LogP contribution in [-0.4, -0.2) is 28.4 Å². The first-order valence-electron chi connectivity index (χ1n) is 6.78. The number of carbonyl (C=O) groups is 1. The van der Waals surface area contributed by atoms with Gasteiger partial charge in [0.25, 0.3) is 5.91 Å². The second kappa shape index (κ2) is 4.59. The molecule has 2 unspecified atom stereocenters. The fourth-order valence-corrected chi connectivity index (χ4v) is 3.45. The summed E-state index contributed by atoms with van der Waals surface area (Å²) in [7, 11) is 0. The lowest BCUT2D eigenvalue weighted by Gasteiger charge is -2.37. The smallest absolute Gasteiger partial charge is 0.254 e. The van der Waals surface area contributed by atoms with E-state index in [0.717, 1.165) is 25.3 Å². The second-order valence-electron chi connectivity index (χ2n) is 5.37. The van der Waals surface area contributed by atoms with E-state index in [1.54, 1.807) is 18.3 Å². The molecule has 2 heterocycles. The number of nitrogens with two attached hydrogens (primary N) is 1. The van der Waals surface area contributed by atoms with Crippen LogP contribution in [0.4, 0.5) is 5.82 Å². The molecule has 2 N–H and O–H groups in total. The van der Waals surface area contributed by atoms with Gasteiger partial charge >= 0.3 is 0 Å². The van der Waals surface area contributed by atoms with E-state index in [1.165, 1.54) is 19.3 Å². The zero-order chi connectivity index (χ0) is 12.5. The predicted octanol–water partition coefficient (Wildman–Crippen LogP) is 2.07. The molecule has 4 nitrogen and oxygen atoms in total. The third-order valence-corrected chi connectivity index (χ3v) is 4.28. The summed E-state index contributed by atoms with van der Waals surface area (Å²) >= 11 is 0. The highest BCUT2D eigenvalue weighted by molar-refractivity contribution is 5.95. The van der Waals surface area contributed by atoms with Gasteiger partial charge in [-0.1, -0.05) is 6.42 Å². The fourth-order valence-electron chi connectivity index (χ4n) is 3.45. The Morgan fingerprint density at radius 1 is 1.33 bits per heavy atom. The van der Waals surface area contributed by atoms with Gasteiger partial charge in [0.2, 0.25) is 0 Å². The van der Waals surface area contributed by atoms with Crippen molar-refractivity contribution in [2.24, 2.45) is 5.92 Å². The van der Waals surface area contributed by atoms with Crippen molar-refractivity contribution in [1.82, 2.24) is 9.88 Å². The number of piperidine rings is 1. The lowest BCUT2D eigenvalue weighted by Crippen LogP contribution is -2.46. The number of pyridine rings is 1. The van der Waals surface area contributed by atoms with Crippen LogP contribution >= 0.6 is 0 Å². The summed E-state index contributed by atoms with van der Waals surface area (Å²) in [6.07, 6.45) is 7.74. The van der Waals surface area contributed by atoms with Gasteiger partial charge in [0.1, 0.15) is 5.82 Å². The number of amides is 1. The highest BCUT2D eigenvalue weighted by Crippen LogP contribution is 2.37. The molecule has 18 heavy (non-hydrogen) atoms. The van der Waals surface area contributed by atoms with Crippen molar-refractivity contribution >= 4 is 11.7 Å². The minimum atomic E-state index is 0.126.